The molecule has 4 N–H and O–H groups in total. The Labute approximate surface area is 103 Å². The third-order valence-electron chi connectivity index (χ3n) is 2.11. The third kappa shape index (κ3) is 2.54. The van der Waals surface area contributed by atoms with Gasteiger partial charge < -0.3 is 10.5 Å². The number of ether oxygens (including phenoxy) is 1. The second kappa shape index (κ2) is 4.70. The minimum atomic E-state index is -0.424. The summed E-state index contributed by atoms with van der Waals surface area (Å²) in [6.07, 6.45) is 0. The number of nitrogens with zero attached hydrogens (tertiary/aromatic N) is 3. The maximum absolute atomic E-state index is 11.8. The maximum Gasteiger partial charge on any atom is 0.276 e. The average Bonchev–Trinajstić information content (AvgIpc) is 2.75. The summed E-state index contributed by atoms with van der Waals surface area (Å²) in [6.45, 7) is 1.77. The molecule has 0 aliphatic carbocycles. The first-order valence-electron chi connectivity index (χ1n) is 5.10. The van der Waals surface area contributed by atoms with Crippen molar-refractivity contribution in [3.8, 4) is 5.88 Å². The van der Waals surface area contributed by atoms with Crippen molar-refractivity contribution in [3.05, 3.63) is 23.5 Å². The van der Waals surface area contributed by atoms with Gasteiger partial charge in [-0.2, -0.15) is 10.1 Å². The van der Waals surface area contributed by atoms with E-state index in [1.54, 1.807) is 13.0 Å². The SMILES string of the molecule is COc1cc(C)nc(NC(=O)c2cc(N)n[nH]2)n1. The molecule has 0 aliphatic rings. The van der Waals surface area contributed by atoms with Gasteiger partial charge in [-0.25, -0.2) is 4.98 Å². The number of methoxy groups -OCH3 is 1. The Morgan fingerprint density at radius 1 is 1.44 bits per heavy atom. The number of aromatic nitrogens is 4. The molecule has 2 heterocycles. The van der Waals surface area contributed by atoms with Crippen LogP contribution in [0.15, 0.2) is 12.1 Å². The topological polar surface area (TPSA) is 119 Å². The zero-order valence-corrected chi connectivity index (χ0v) is 9.89. The van der Waals surface area contributed by atoms with Crippen LogP contribution in [0.5, 0.6) is 5.88 Å². The number of H-pyrrole nitrogens is 1. The Morgan fingerprint density at radius 3 is 2.83 bits per heavy atom. The smallest absolute Gasteiger partial charge is 0.276 e. The molecule has 0 unspecified atom stereocenters. The Morgan fingerprint density at radius 2 is 2.22 bits per heavy atom. The van der Waals surface area contributed by atoms with Gasteiger partial charge in [0.05, 0.1) is 7.11 Å². The van der Waals surface area contributed by atoms with Gasteiger partial charge in [0.2, 0.25) is 11.8 Å². The van der Waals surface area contributed by atoms with Crippen LogP contribution in [0, 0.1) is 6.92 Å². The van der Waals surface area contributed by atoms with E-state index in [4.69, 9.17) is 10.5 Å². The Kier molecular flexibility index (Phi) is 3.09. The van der Waals surface area contributed by atoms with Crippen LogP contribution >= 0.6 is 0 Å². The number of carbonyl (C=O) groups is 1. The molecular weight excluding hydrogens is 236 g/mol. The summed E-state index contributed by atoms with van der Waals surface area (Å²) in [4.78, 5) is 19.8. The number of hydrogen-bond donors (Lipinski definition) is 3. The molecule has 0 bridgehead atoms. The molecule has 0 saturated carbocycles. The quantitative estimate of drug-likeness (QED) is 0.721. The number of carbonyl (C=O) groups excluding carboxylic acids is 1. The van der Waals surface area contributed by atoms with E-state index >= 15 is 0 Å². The van der Waals surface area contributed by atoms with Gasteiger partial charge in [-0.15, -0.1) is 0 Å². The van der Waals surface area contributed by atoms with Crippen molar-refractivity contribution in [1.29, 1.82) is 0 Å². The monoisotopic (exact) mass is 248 g/mol. The van der Waals surface area contributed by atoms with Crippen LogP contribution in [0.1, 0.15) is 16.2 Å². The van der Waals surface area contributed by atoms with Gasteiger partial charge in [0.25, 0.3) is 5.91 Å². The highest BCUT2D eigenvalue weighted by molar-refractivity contribution is 6.02. The lowest BCUT2D eigenvalue weighted by atomic mass is 10.4. The van der Waals surface area contributed by atoms with Crippen molar-refractivity contribution >= 4 is 17.7 Å². The highest BCUT2D eigenvalue weighted by Crippen LogP contribution is 2.12. The molecular formula is C10H12N6O2. The molecule has 0 saturated heterocycles. The summed E-state index contributed by atoms with van der Waals surface area (Å²) in [6, 6.07) is 3.08. The molecule has 0 aliphatic heterocycles. The summed E-state index contributed by atoms with van der Waals surface area (Å²) in [5.41, 5.74) is 6.32. The van der Waals surface area contributed by atoms with Gasteiger partial charge in [0.1, 0.15) is 11.5 Å². The zero-order chi connectivity index (χ0) is 13.1. The van der Waals surface area contributed by atoms with Gasteiger partial charge >= 0.3 is 0 Å². The van der Waals surface area contributed by atoms with Gasteiger partial charge in [0.15, 0.2) is 0 Å². The van der Waals surface area contributed by atoms with E-state index in [0.29, 0.717) is 11.6 Å². The second-order valence-electron chi connectivity index (χ2n) is 3.54. The standard InChI is InChI=1S/C10H12N6O2/c1-5-3-8(18-2)13-10(12-5)14-9(17)6-4-7(11)16-15-6/h3-4H,1-2H3,(H3,11,15,16)(H,12,13,14,17). The van der Waals surface area contributed by atoms with Crippen LogP contribution in [0.2, 0.25) is 0 Å². The molecule has 8 nitrogen and oxygen atoms in total. The average molecular weight is 248 g/mol. The van der Waals surface area contributed by atoms with E-state index in [1.807, 2.05) is 0 Å². The third-order valence-corrected chi connectivity index (χ3v) is 2.11. The van der Waals surface area contributed by atoms with Crippen LogP contribution in [0.4, 0.5) is 11.8 Å². The van der Waals surface area contributed by atoms with E-state index in [2.05, 4.69) is 25.5 Å². The lowest BCUT2D eigenvalue weighted by Gasteiger charge is -2.05. The number of aryl methyl sites for hydroxylation is 1. The van der Waals surface area contributed by atoms with E-state index < -0.39 is 5.91 Å². The first kappa shape index (κ1) is 11.8. The summed E-state index contributed by atoms with van der Waals surface area (Å²) in [5, 5.41) is 8.67. The van der Waals surface area contributed by atoms with Crippen molar-refractivity contribution in [2.45, 2.75) is 6.92 Å². The van der Waals surface area contributed by atoms with Crippen LogP contribution in [0.25, 0.3) is 0 Å². The molecule has 0 aromatic carbocycles. The predicted molar refractivity (Wildman–Crippen MR) is 64.3 cm³/mol. The van der Waals surface area contributed by atoms with Crippen molar-refractivity contribution in [2.75, 3.05) is 18.2 Å². The fourth-order valence-corrected chi connectivity index (χ4v) is 1.32. The maximum atomic E-state index is 11.8. The van der Waals surface area contributed by atoms with E-state index in [1.165, 1.54) is 13.2 Å². The second-order valence-corrected chi connectivity index (χ2v) is 3.54. The number of aromatic amines is 1. The Hall–Kier alpha value is -2.64. The Balaban J connectivity index is 2.18. The minimum Gasteiger partial charge on any atom is -0.481 e. The molecule has 0 atom stereocenters. The number of anilines is 2. The van der Waals surface area contributed by atoms with Crippen LogP contribution in [-0.4, -0.2) is 33.2 Å². The molecule has 0 radical (unpaired) electrons. The molecule has 8 heteroatoms. The number of rotatable bonds is 3. The van der Waals surface area contributed by atoms with Crippen molar-refractivity contribution in [3.63, 3.8) is 0 Å². The summed E-state index contributed by atoms with van der Waals surface area (Å²) >= 11 is 0. The first-order valence-corrected chi connectivity index (χ1v) is 5.10. The number of nitrogens with one attached hydrogen (secondary N) is 2. The fourth-order valence-electron chi connectivity index (χ4n) is 1.32. The van der Waals surface area contributed by atoms with E-state index in [0.717, 1.165) is 0 Å². The molecule has 94 valence electrons. The lowest BCUT2D eigenvalue weighted by molar-refractivity contribution is 0.102. The van der Waals surface area contributed by atoms with Crippen molar-refractivity contribution < 1.29 is 9.53 Å². The fraction of sp³-hybridized carbons (Fsp3) is 0.200. The molecule has 2 rings (SSSR count). The van der Waals surface area contributed by atoms with Gasteiger partial charge in [-0.3, -0.25) is 15.2 Å². The van der Waals surface area contributed by atoms with Crippen molar-refractivity contribution in [1.82, 2.24) is 20.2 Å². The van der Waals surface area contributed by atoms with E-state index in [-0.39, 0.29) is 17.5 Å². The van der Waals surface area contributed by atoms with Gasteiger partial charge in [0, 0.05) is 17.8 Å². The number of amides is 1. The van der Waals surface area contributed by atoms with E-state index in [9.17, 15) is 4.79 Å². The van der Waals surface area contributed by atoms with Crippen LogP contribution < -0.4 is 15.8 Å². The van der Waals surface area contributed by atoms with Gasteiger partial charge in [-0.1, -0.05) is 0 Å². The van der Waals surface area contributed by atoms with Crippen LogP contribution in [-0.2, 0) is 0 Å². The van der Waals surface area contributed by atoms with Gasteiger partial charge in [-0.05, 0) is 6.92 Å². The molecule has 1 amide bonds. The summed E-state index contributed by atoms with van der Waals surface area (Å²) in [5.74, 6) is 0.349. The molecule has 2 aromatic rings. The van der Waals surface area contributed by atoms with Crippen LogP contribution in [0.3, 0.4) is 0 Å². The first-order chi connectivity index (χ1) is 8.58. The van der Waals surface area contributed by atoms with Crippen molar-refractivity contribution in [2.24, 2.45) is 0 Å². The Bertz CT molecular complexity index is 579. The number of nitrogens with two attached hydrogens (primary N) is 1. The highest BCUT2D eigenvalue weighted by atomic mass is 16.5. The minimum absolute atomic E-state index is 0.157. The number of nitrogen functional groups attached to an aromatic ring is 1. The normalized spacial score (nSPS) is 10.1. The molecule has 2 aromatic heterocycles. The zero-order valence-electron chi connectivity index (χ0n) is 9.89. The molecule has 18 heavy (non-hydrogen) atoms. The molecule has 0 spiro atoms. The lowest BCUT2D eigenvalue weighted by Crippen LogP contribution is -2.15. The molecule has 0 fully saturated rings. The summed E-state index contributed by atoms with van der Waals surface area (Å²) in [7, 11) is 1.49. The highest BCUT2D eigenvalue weighted by Gasteiger charge is 2.11. The summed E-state index contributed by atoms with van der Waals surface area (Å²) < 4.78 is 4.98. The number of hydrogen-bond acceptors (Lipinski definition) is 6. The largest absolute Gasteiger partial charge is 0.481 e. The predicted octanol–water partition coefficient (Wildman–Crippen LogP) is 0.351.